The molecule has 1 aromatic carbocycles. The molecule has 5 nitrogen and oxygen atoms in total. The molecule has 0 amide bonds. The van der Waals surface area contributed by atoms with Gasteiger partial charge in [-0.3, -0.25) is 0 Å². The molecular formula is C12H20N2O3S. The van der Waals surface area contributed by atoms with Crippen molar-refractivity contribution in [1.29, 1.82) is 0 Å². The fourth-order valence-corrected chi connectivity index (χ4v) is 2.87. The highest BCUT2D eigenvalue weighted by molar-refractivity contribution is 7.89. The lowest BCUT2D eigenvalue weighted by Gasteiger charge is -2.22. The predicted octanol–water partition coefficient (Wildman–Crippen LogP) is 0.189. The Kier molecular flexibility index (Phi) is 5.28. The van der Waals surface area contributed by atoms with Gasteiger partial charge >= 0.3 is 0 Å². The number of sulfonamides is 1. The number of nitrogens with zero attached hydrogens (tertiary/aromatic N) is 1. The molecule has 0 radical (unpaired) electrons. The zero-order chi connectivity index (χ0) is 13.8. The number of hydrogen-bond donors (Lipinski definition) is 2. The van der Waals surface area contributed by atoms with E-state index in [0.717, 1.165) is 12.0 Å². The smallest absolute Gasteiger partial charge is 0.243 e. The highest BCUT2D eigenvalue weighted by Gasteiger charge is 2.24. The Morgan fingerprint density at radius 1 is 1.33 bits per heavy atom. The number of rotatable bonds is 6. The third kappa shape index (κ3) is 3.29. The average molecular weight is 272 g/mol. The molecule has 1 unspecified atom stereocenters. The molecule has 0 bridgehead atoms. The molecule has 0 heterocycles. The third-order valence-corrected chi connectivity index (χ3v) is 4.90. The van der Waals surface area contributed by atoms with Crippen LogP contribution in [0.1, 0.15) is 12.5 Å². The van der Waals surface area contributed by atoms with E-state index in [-0.39, 0.29) is 11.5 Å². The average Bonchev–Trinajstić information content (AvgIpc) is 2.38. The molecule has 1 atom stereocenters. The summed E-state index contributed by atoms with van der Waals surface area (Å²) < 4.78 is 25.6. The Balaban J connectivity index is 2.98. The standard InChI is InChI=1S/C12H20N2O3S/c1-10(9-15)14(2)18(16,17)12-5-3-11(4-6-12)7-8-13/h3-6,10,15H,7-9,13H2,1-2H3. The van der Waals surface area contributed by atoms with Gasteiger partial charge in [0.15, 0.2) is 0 Å². The molecular weight excluding hydrogens is 252 g/mol. The Bertz CT molecular complexity index is 471. The number of nitrogens with two attached hydrogens (primary N) is 1. The highest BCUT2D eigenvalue weighted by atomic mass is 32.2. The van der Waals surface area contributed by atoms with Gasteiger partial charge in [0.1, 0.15) is 0 Å². The second-order valence-electron chi connectivity index (χ2n) is 4.24. The first-order valence-corrected chi connectivity index (χ1v) is 7.25. The van der Waals surface area contributed by atoms with Gasteiger partial charge in [0.25, 0.3) is 0 Å². The van der Waals surface area contributed by atoms with Crippen molar-refractivity contribution in [3.8, 4) is 0 Å². The molecule has 0 aliphatic carbocycles. The van der Waals surface area contributed by atoms with Crippen molar-refractivity contribution in [2.75, 3.05) is 20.2 Å². The summed E-state index contributed by atoms with van der Waals surface area (Å²) in [5.41, 5.74) is 6.44. The van der Waals surface area contributed by atoms with Crippen LogP contribution in [0.15, 0.2) is 29.2 Å². The van der Waals surface area contributed by atoms with Gasteiger partial charge in [0, 0.05) is 13.1 Å². The third-order valence-electron chi connectivity index (χ3n) is 2.92. The zero-order valence-corrected chi connectivity index (χ0v) is 11.5. The van der Waals surface area contributed by atoms with Gasteiger partial charge in [-0.15, -0.1) is 0 Å². The maximum atomic E-state index is 12.2. The van der Waals surface area contributed by atoms with Crippen molar-refractivity contribution in [2.45, 2.75) is 24.3 Å². The van der Waals surface area contributed by atoms with Crippen LogP contribution in [0.25, 0.3) is 0 Å². The van der Waals surface area contributed by atoms with E-state index in [2.05, 4.69) is 0 Å². The van der Waals surface area contributed by atoms with E-state index in [1.165, 1.54) is 11.4 Å². The first-order chi connectivity index (χ1) is 8.43. The Hall–Kier alpha value is -0.950. The second kappa shape index (κ2) is 6.29. The van der Waals surface area contributed by atoms with Gasteiger partial charge in [-0.2, -0.15) is 4.31 Å². The minimum atomic E-state index is -3.54. The number of aliphatic hydroxyl groups excluding tert-OH is 1. The molecule has 0 fully saturated rings. The molecule has 0 saturated carbocycles. The van der Waals surface area contributed by atoms with E-state index in [1.807, 2.05) is 0 Å². The summed E-state index contributed by atoms with van der Waals surface area (Å²) in [6.07, 6.45) is 0.725. The van der Waals surface area contributed by atoms with Crippen molar-refractivity contribution >= 4 is 10.0 Å². The zero-order valence-electron chi connectivity index (χ0n) is 10.7. The molecule has 18 heavy (non-hydrogen) atoms. The van der Waals surface area contributed by atoms with Gasteiger partial charge in [-0.1, -0.05) is 12.1 Å². The first kappa shape index (κ1) is 15.1. The van der Waals surface area contributed by atoms with Crippen molar-refractivity contribution in [3.63, 3.8) is 0 Å². The first-order valence-electron chi connectivity index (χ1n) is 5.81. The summed E-state index contributed by atoms with van der Waals surface area (Å²) in [4.78, 5) is 0.228. The lowest BCUT2D eigenvalue weighted by Crippen LogP contribution is -2.37. The van der Waals surface area contributed by atoms with Crippen LogP contribution in [-0.4, -0.2) is 44.1 Å². The molecule has 1 aromatic rings. The van der Waals surface area contributed by atoms with Crippen LogP contribution in [0.5, 0.6) is 0 Å². The van der Waals surface area contributed by atoms with Gasteiger partial charge in [-0.05, 0) is 37.6 Å². The topological polar surface area (TPSA) is 83.6 Å². The SMILES string of the molecule is CC(CO)N(C)S(=O)(=O)c1ccc(CCN)cc1. The lowest BCUT2D eigenvalue weighted by atomic mass is 10.2. The Morgan fingerprint density at radius 3 is 2.33 bits per heavy atom. The van der Waals surface area contributed by atoms with E-state index in [4.69, 9.17) is 10.8 Å². The number of aliphatic hydroxyl groups is 1. The summed E-state index contributed by atoms with van der Waals surface area (Å²) >= 11 is 0. The minimum Gasteiger partial charge on any atom is -0.395 e. The van der Waals surface area contributed by atoms with Crippen LogP contribution in [0.2, 0.25) is 0 Å². The minimum absolute atomic E-state index is 0.207. The normalized spacial score (nSPS) is 13.8. The van der Waals surface area contributed by atoms with Crippen LogP contribution in [0.4, 0.5) is 0 Å². The van der Waals surface area contributed by atoms with E-state index in [9.17, 15) is 8.42 Å². The summed E-state index contributed by atoms with van der Waals surface area (Å²) in [6.45, 7) is 1.98. The fourth-order valence-electron chi connectivity index (χ4n) is 1.51. The van der Waals surface area contributed by atoms with Crippen LogP contribution >= 0.6 is 0 Å². The molecule has 0 aromatic heterocycles. The fraction of sp³-hybridized carbons (Fsp3) is 0.500. The summed E-state index contributed by atoms with van der Waals surface area (Å²) in [5, 5.41) is 9.01. The van der Waals surface area contributed by atoms with Crippen molar-refractivity contribution < 1.29 is 13.5 Å². The molecule has 102 valence electrons. The second-order valence-corrected chi connectivity index (χ2v) is 6.23. The van der Waals surface area contributed by atoms with Crippen LogP contribution in [0.3, 0.4) is 0 Å². The van der Waals surface area contributed by atoms with Crippen LogP contribution in [0, 0.1) is 0 Å². The van der Waals surface area contributed by atoms with E-state index >= 15 is 0 Å². The van der Waals surface area contributed by atoms with Crippen molar-refractivity contribution in [3.05, 3.63) is 29.8 Å². The number of likely N-dealkylation sites (N-methyl/N-ethyl adjacent to an activating group) is 1. The van der Waals surface area contributed by atoms with Gasteiger partial charge in [0.2, 0.25) is 10.0 Å². The van der Waals surface area contributed by atoms with Crippen molar-refractivity contribution in [2.24, 2.45) is 5.73 Å². The van der Waals surface area contributed by atoms with Gasteiger partial charge in [0.05, 0.1) is 11.5 Å². The van der Waals surface area contributed by atoms with Crippen LogP contribution in [-0.2, 0) is 16.4 Å². The molecule has 0 spiro atoms. The number of benzene rings is 1. The molecule has 1 rings (SSSR count). The largest absolute Gasteiger partial charge is 0.395 e. The quantitative estimate of drug-likeness (QED) is 0.774. The lowest BCUT2D eigenvalue weighted by molar-refractivity contribution is 0.214. The monoisotopic (exact) mass is 272 g/mol. The summed E-state index contributed by atoms with van der Waals surface area (Å²) in [7, 11) is -2.08. The van der Waals surface area contributed by atoms with E-state index in [1.54, 1.807) is 31.2 Å². The van der Waals surface area contributed by atoms with Gasteiger partial charge < -0.3 is 10.8 Å². The maximum absolute atomic E-state index is 12.2. The van der Waals surface area contributed by atoms with E-state index < -0.39 is 16.1 Å². The molecule has 0 aliphatic rings. The maximum Gasteiger partial charge on any atom is 0.243 e. The summed E-state index contributed by atoms with van der Waals surface area (Å²) in [6, 6.07) is 6.22. The Morgan fingerprint density at radius 2 is 1.89 bits per heavy atom. The van der Waals surface area contributed by atoms with E-state index in [0.29, 0.717) is 6.54 Å². The van der Waals surface area contributed by atoms with Gasteiger partial charge in [-0.25, -0.2) is 8.42 Å². The predicted molar refractivity (Wildman–Crippen MR) is 70.7 cm³/mol. The molecule has 0 saturated heterocycles. The van der Waals surface area contributed by atoms with Crippen LogP contribution < -0.4 is 5.73 Å². The summed E-state index contributed by atoms with van der Waals surface area (Å²) in [5.74, 6) is 0. The van der Waals surface area contributed by atoms with Crippen molar-refractivity contribution in [1.82, 2.24) is 4.31 Å². The molecule has 6 heteroatoms. The molecule has 3 N–H and O–H groups in total. The Labute approximate surface area is 108 Å². The number of hydrogen-bond acceptors (Lipinski definition) is 4. The molecule has 0 aliphatic heterocycles. The highest BCUT2D eigenvalue weighted by Crippen LogP contribution is 2.17.